The van der Waals surface area contributed by atoms with Crippen LogP contribution in [0.5, 0.6) is 11.5 Å². The summed E-state index contributed by atoms with van der Waals surface area (Å²) in [6, 6.07) is 15.4. The van der Waals surface area contributed by atoms with Crippen LogP contribution in [0.2, 0.25) is 0 Å². The van der Waals surface area contributed by atoms with Gasteiger partial charge in [0, 0.05) is 12.0 Å². The molecule has 0 amide bonds. The SMILES string of the molecule is OC(COc1ccccc1)c1cccc2c1OCC2. The Morgan fingerprint density at radius 2 is 1.95 bits per heavy atom. The molecule has 1 N–H and O–H groups in total. The van der Waals surface area contributed by atoms with Gasteiger partial charge in [0.25, 0.3) is 0 Å². The van der Waals surface area contributed by atoms with Gasteiger partial charge >= 0.3 is 0 Å². The third kappa shape index (κ3) is 2.56. The van der Waals surface area contributed by atoms with Crippen LogP contribution in [-0.4, -0.2) is 18.3 Å². The average Bonchev–Trinajstić information content (AvgIpc) is 2.94. The molecule has 1 aliphatic heterocycles. The molecule has 0 fully saturated rings. The minimum atomic E-state index is -0.673. The van der Waals surface area contributed by atoms with E-state index < -0.39 is 6.10 Å². The van der Waals surface area contributed by atoms with Crippen LogP contribution in [0.1, 0.15) is 17.2 Å². The van der Waals surface area contributed by atoms with Gasteiger partial charge in [-0.05, 0) is 17.7 Å². The molecule has 0 radical (unpaired) electrons. The van der Waals surface area contributed by atoms with Gasteiger partial charge in [-0.15, -0.1) is 0 Å². The van der Waals surface area contributed by atoms with Crippen molar-refractivity contribution in [2.24, 2.45) is 0 Å². The van der Waals surface area contributed by atoms with E-state index in [0.717, 1.165) is 29.0 Å². The summed E-state index contributed by atoms with van der Waals surface area (Å²) >= 11 is 0. The number of hydrogen-bond acceptors (Lipinski definition) is 3. The Hall–Kier alpha value is -2.00. The molecule has 1 unspecified atom stereocenters. The fourth-order valence-corrected chi connectivity index (χ4v) is 2.28. The van der Waals surface area contributed by atoms with Crippen molar-refractivity contribution >= 4 is 0 Å². The summed E-state index contributed by atoms with van der Waals surface area (Å²) in [4.78, 5) is 0. The quantitative estimate of drug-likeness (QED) is 0.914. The summed E-state index contributed by atoms with van der Waals surface area (Å²) in [7, 11) is 0. The Morgan fingerprint density at radius 1 is 1.11 bits per heavy atom. The first kappa shape index (κ1) is 12.1. The summed E-state index contributed by atoms with van der Waals surface area (Å²) in [6.45, 7) is 0.919. The highest BCUT2D eigenvalue weighted by atomic mass is 16.5. The first-order valence-corrected chi connectivity index (χ1v) is 6.45. The number of rotatable bonds is 4. The maximum Gasteiger partial charge on any atom is 0.128 e. The van der Waals surface area contributed by atoms with Crippen LogP contribution in [0.25, 0.3) is 0 Å². The van der Waals surface area contributed by atoms with Crippen LogP contribution >= 0.6 is 0 Å². The number of para-hydroxylation sites is 2. The molecule has 0 bridgehead atoms. The maximum absolute atomic E-state index is 10.2. The lowest BCUT2D eigenvalue weighted by Crippen LogP contribution is -2.10. The smallest absolute Gasteiger partial charge is 0.128 e. The van der Waals surface area contributed by atoms with E-state index >= 15 is 0 Å². The Labute approximate surface area is 112 Å². The average molecular weight is 256 g/mol. The zero-order valence-corrected chi connectivity index (χ0v) is 10.6. The first-order chi connectivity index (χ1) is 9.34. The standard InChI is InChI=1S/C16H16O3/c17-15(11-19-13-6-2-1-3-7-13)14-8-4-5-12-9-10-18-16(12)14/h1-8,15,17H,9-11H2. The molecule has 3 nitrogen and oxygen atoms in total. The van der Waals surface area contributed by atoms with Gasteiger partial charge in [0.1, 0.15) is 24.2 Å². The van der Waals surface area contributed by atoms with E-state index in [-0.39, 0.29) is 6.61 Å². The molecule has 19 heavy (non-hydrogen) atoms. The monoisotopic (exact) mass is 256 g/mol. The van der Waals surface area contributed by atoms with E-state index in [4.69, 9.17) is 9.47 Å². The molecular weight excluding hydrogens is 240 g/mol. The minimum Gasteiger partial charge on any atom is -0.493 e. The molecular formula is C16H16O3. The largest absolute Gasteiger partial charge is 0.493 e. The van der Waals surface area contributed by atoms with Crippen LogP contribution < -0.4 is 9.47 Å². The normalized spacial score (nSPS) is 14.6. The molecule has 0 saturated carbocycles. The number of hydrogen-bond donors (Lipinski definition) is 1. The molecule has 2 aromatic carbocycles. The van der Waals surface area contributed by atoms with E-state index in [1.54, 1.807) is 0 Å². The molecule has 1 atom stereocenters. The summed E-state index contributed by atoms with van der Waals surface area (Å²) in [5.74, 6) is 1.58. The summed E-state index contributed by atoms with van der Waals surface area (Å²) in [6.07, 6.45) is 0.239. The maximum atomic E-state index is 10.2. The third-order valence-corrected chi connectivity index (χ3v) is 3.25. The Kier molecular flexibility index (Phi) is 3.38. The lowest BCUT2D eigenvalue weighted by Gasteiger charge is -2.15. The van der Waals surface area contributed by atoms with E-state index in [1.165, 1.54) is 0 Å². The van der Waals surface area contributed by atoms with Gasteiger partial charge in [-0.25, -0.2) is 0 Å². The van der Waals surface area contributed by atoms with E-state index in [0.29, 0.717) is 6.61 Å². The number of fused-ring (bicyclic) bond motifs is 1. The fraction of sp³-hybridized carbons (Fsp3) is 0.250. The van der Waals surface area contributed by atoms with Gasteiger partial charge < -0.3 is 14.6 Å². The summed E-state index contributed by atoms with van der Waals surface area (Å²) in [5.41, 5.74) is 1.97. The second-order valence-corrected chi connectivity index (χ2v) is 4.57. The molecule has 98 valence electrons. The highest BCUT2D eigenvalue weighted by molar-refractivity contribution is 5.45. The van der Waals surface area contributed by atoms with E-state index in [1.807, 2.05) is 48.5 Å². The molecule has 1 aliphatic rings. The van der Waals surface area contributed by atoms with E-state index in [2.05, 4.69) is 0 Å². The highest BCUT2D eigenvalue weighted by Crippen LogP contribution is 2.33. The lowest BCUT2D eigenvalue weighted by atomic mass is 10.0. The van der Waals surface area contributed by atoms with Gasteiger partial charge in [-0.2, -0.15) is 0 Å². The first-order valence-electron chi connectivity index (χ1n) is 6.45. The van der Waals surface area contributed by atoms with Crippen LogP contribution in [0.3, 0.4) is 0 Å². The third-order valence-electron chi connectivity index (χ3n) is 3.25. The topological polar surface area (TPSA) is 38.7 Å². The number of aliphatic hydroxyl groups excluding tert-OH is 1. The Bertz CT molecular complexity index is 551. The van der Waals surface area contributed by atoms with Crippen LogP contribution in [-0.2, 0) is 6.42 Å². The lowest BCUT2D eigenvalue weighted by molar-refractivity contribution is 0.105. The zero-order valence-electron chi connectivity index (χ0n) is 10.6. The van der Waals surface area contributed by atoms with Crippen molar-refractivity contribution in [2.45, 2.75) is 12.5 Å². The number of benzene rings is 2. The Morgan fingerprint density at radius 3 is 2.79 bits per heavy atom. The van der Waals surface area contributed by atoms with Crippen LogP contribution in [0.15, 0.2) is 48.5 Å². The van der Waals surface area contributed by atoms with Crippen molar-refractivity contribution in [3.05, 3.63) is 59.7 Å². The van der Waals surface area contributed by atoms with Crippen LogP contribution in [0.4, 0.5) is 0 Å². The minimum absolute atomic E-state index is 0.226. The molecule has 0 aliphatic carbocycles. The van der Waals surface area contributed by atoms with Crippen molar-refractivity contribution in [3.63, 3.8) is 0 Å². The molecule has 0 saturated heterocycles. The molecule has 2 aromatic rings. The predicted octanol–water partition coefficient (Wildman–Crippen LogP) is 2.73. The second-order valence-electron chi connectivity index (χ2n) is 4.57. The van der Waals surface area contributed by atoms with Gasteiger partial charge in [0.05, 0.1) is 6.61 Å². The van der Waals surface area contributed by atoms with Crippen molar-refractivity contribution < 1.29 is 14.6 Å². The zero-order chi connectivity index (χ0) is 13.1. The molecule has 3 heteroatoms. The number of aliphatic hydroxyl groups is 1. The van der Waals surface area contributed by atoms with Gasteiger partial charge in [0.2, 0.25) is 0 Å². The fourth-order valence-electron chi connectivity index (χ4n) is 2.28. The van der Waals surface area contributed by atoms with Crippen molar-refractivity contribution in [3.8, 4) is 11.5 Å². The molecule has 0 spiro atoms. The van der Waals surface area contributed by atoms with Gasteiger partial charge in [-0.1, -0.05) is 36.4 Å². The van der Waals surface area contributed by atoms with Gasteiger partial charge in [-0.3, -0.25) is 0 Å². The van der Waals surface area contributed by atoms with Crippen molar-refractivity contribution in [2.75, 3.05) is 13.2 Å². The predicted molar refractivity (Wildman–Crippen MR) is 72.5 cm³/mol. The van der Waals surface area contributed by atoms with Gasteiger partial charge in [0.15, 0.2) is 0 Å². The molecule has 1 heterocycles. The Balaban J connectivity index is 1.71. The van der Waals surface area contributed by atoms with Crippen molar-refractivity contribution in [1.82, 2.24) is 0 Å². The number of ether oxygens (including phenoxy) is 2. The highest BCUT2D eigenvalue weighted by Gasteiger charge is 2.20. The second kappa shape index (κ2) is 5.33. The summed E-state index contributed by atoms with van der Waals surface area (Å²) < 4.78 is 11.2. The molecule has 3 rings (SSSR count). The van der Waals surface area contributed by atoms with E-state index in [9.17, 15) is 5.11 Å². The summed E-state index contributed by atoms with van der Waals surface area (Å²) in [5, 5.41) is 10.2. The van der Waals surface area contributed by atoms with Crippen molar-refractivity contribution in [1.29, 1.82) is 0 Å². The molecule has 0 aromatic heterocycles. The van der Waals surface area contributed by atoms with Crippen LogP contribution in [0, 0.1) is 0 Å².